The summed E-state index contributed by atoms with van der Waals surface area (Å²) in [6.07, 6.45) is 2.81. The van der Waals surface area contributed by atoms with Crippen LogP contribution in [0.1, 0.15) is 47.4 Å². The number of hydrogen-bond acceptors (Lipinski definition) is 3. The smallest absolute Gasteiger partial charge is 0.214 e. The van der Waals surface area contributed by atoms with Crippen molar-refractivity contribution in [2.24, 2.45) is 0 Å². The van der Waals surface area contributed by atoms with Crippen LogP contribution in [-0.4, -0.2) is 26.3 Å². The fraction of sp³-hybridized carbons (Fsp3) is 0.261. The topological polar surface area (TPSA) is 55.1 Å². The average molecular weight is 404 g/mol. The number of rotatable bonds is 3. The SMILES string of the molecule is COc1cccc(C2c3[nH]c4ccccc4c3Cc3c(O)n(C4CC4)c(=S)n32)c1. The largest absolute Gasteiger partial charge is 0.497 e. The van der Waals surface area contributed by atoms with Gasteiger partial charge in [-0.1, -0.05) is 30.3 Å². The molecule has 6 heteroatoms. The highest BCUT2D eigenvalue weighted by atomic mass is 32.1. The fourth-order valence-corrected chi connectivity index (χ4v) is 5.18. The molecular weight excluding hydrogens is 382 g/mol. The van der Waals surface area contributed by atoms with Gasteiger partial charge in [-0.2, -0.15) is 0 Å². The molecule has 2 aromatic carbocycles. The number of ether oxygens (including phenoxy) is 1. The van der Waals surface area contributed by atoms with E-state index in [0.717, 1.165) is 41.1 Å². The van der Waals surface area contributed by atoms with Gasteiger partial charge in [-0.3, -0.25) is 4.57 Å². The summed E-state index contributed by atoms with van der Waals surface area (Å²) in [6, 6.07) is 16.7. The first kappa shape index (κ1) is 16.9. The molecule has 1 aliphatic carbocycles. The van der Waals surface area contributed by atoms with Crippen LogP contribution in [0.25, 0.3) is 10.9 Å². The predicted octanol–water partition coefficient (Wildman–Crippen LogP) is 5.09. The number of H-pyrrole nitrogens is 1. The third-order valence-electron chi connectivity index (χ3n) is 6.23. The van der Waals surface area contributed by atoms with E-state index in [4.69, 9.17) is 17.0 Å². The number of nitrogens with one attached hydrogen (secondary N) is 1. The summed E-state index contributed by atoms with van der Waals surface area (Å²) < 4.78 is 10.3. The molecule has 0 radical (unpaired) electrons. The molecule has 0 spiro atoms. The van der Waals surface area contributed by atoms with Crippen molar-refractivity contribution in [1.29, 1.82) is 0 Å². The molecule has 1 saturated carbocycles. The summed E-state index contributed by atoms with van der Waals surface area (Å²) in [4.78, 5) is 3.64. The van der Waals surface area contributed by atoms with Crippen molar-refractivity contribution in [2.75, 3.05) is 7.11 Å². The molecular formula is C23H21N3O2S. The molecule has 0 bridgehead atoms. The van der Waals surface area contributed by atoms with Gasteiger partial charge in [-0.25, -0.2) is 0 Å². The summed E-state index contributed by atoms with van der Waals surface area (Å²) >= 11 is 5.88. The van der Waals surface area contributed by atoms with Crippen molar-refractivity contribution in [2.45, 2.75) is 31.3 Å². The Morgan fingerprint density at radius 2 is 1.93 bits per heavy atom. The third-order valence-corrected chi connectivity index (χ3v) is 6.63. The molecule has 6 rings (SSSR count). The van der Waals surface area contributed by atoms with Crippen LogP contribution in [0.5, 0.6) is 11.6 Å². The van der Waals surface area contributed by atoms with Gasteiger partial charge in [-0.05, 0) is 54.4 Å². The number of para-hydroxylation sites is 1. The van der Waals surface area contributed by atoms with Gasteiger partial charge in [-0.15, -0.1) is 0 Å². The minimum Gasteiger partial charge on any atom is -0.497 e. The highest BCUT2D eigenvalue weighted by Gasteiger charge is 2.37. The molecule has 1 unspecified atom stereocenters. The van der Waals surface area contributed by atoms with Crippen LogP contribution in [-0.2, 0) is 6.42 Å². The van der Waals surface area contributed by atoms with Crippen LogP contribution in [0, 0.1) is 4.77 Å². The van der Waals surface area contributed by atoms with Crippen molar-refractivity contribution >= 4 is 23.1 Å². The molecule has 29 heavy (non-hydrogen) atoms. The molecule has 4 aromatic rings. The van der Waals surface area contributed by atoms with Crippen molar-refractivity contribution in [3.8, 4) is 11.6 Å². The van der Waals surface area contributed by atoms with Crippen molar-refractivity contribution in [3.63, 3.8) is 0 Å². The van der Waals surface area contributed by atoms with Gasteiger partial charge >= 0.3 is 0 Å². The monoisotopic (exact) mass is 403 g/mol. The standard InChI is InChI=1S/C23H21N3O2S/c1-28-15-6-4-5-13(11-15)21-20-17(16-7-2-3-8-18(16)24-20)12-19-22(27)25(14-9-10-14)23(29)26(19)21/h2-8,11,14,21,24,27H,9-10,12H2,1H3. The van der Waals surface area contributed by atoms with E-state index in [-0.39, 0.29) is 6.04 Å². The molecule has 146 valence electrons. The zero-order valence-electron chi connectivity index (χ0n) is 16.1. The number of nitrogens with zero attached hydrogens (tertiary/aromatic N) is 2. The Bertz CT molecular complexity index is 1330. The zero-order valence-corrected chi connectivity index (χ0v) is 16.9. The lowest BCUT2D eigenvalue weighted by Crippen LogP contribution is -2.21. The Labute approximate surface area is 173 Å². The number of methoxy groups -OCH3 is 1. The second-order valence-corrected chi connectivity index (χ2v) is 8.31. The molecule has 0 saturated heterocycles. The Morgan fingerprint density at radius 3 is 2.72 bits per heavy atom. The minimum absolute atomic E-state index is 0.130. The molecule has 3 heterocycles. The molecule has 1 fully saturated rings. The summed E-state index contributed by atoms with van der Waals surface area (Å²) in [5, 5.41) is 12.3. The summed E-state index contributed by atoms with van der Waals surface area (Å²) in [5.74, 6) is 1.13. The summed E-state index contributed by atoms with van der Waals surface area (Å²) in [7, 11) is 1.68. The van der Waals surface area contributed by atoms with Crippen molar-refractivity contribution in [1.82, 2.24) is 14.1 Å². The maximum absolute atomic E-state index is 11.1. The Morgan fingerprint density at radius 1 is 1.10 bits per heavy atom. The van der Waals surface area contributed by atoms with Gasteiger partial charge in [0.05, 0.1) is 12.8 Å². The van der Waals surface area contributed by atoms with E-state index < -0.39 is 0 Å². The van der Waals surface area contributed by atoms with E-state index in [2.05, 4.69) is 39.9 Å². The third kappa shape index (κ3) is 2.35. The van der Waals surface area contributed by atoms with Crippen LogP contribution < -0.4 is 4.74 Å². The second-order valence-electron chi connectivity index (χ2n) is 7.94. The first-order valence-electron chi connectivity index (χ1n) is 9.95. The summed E-state index contributed by atoms with van der Waals surface area (Å²) in [6.45, 7) is 0. The Kier molecular flexibility index (Phi) is 3.50. The number of fused-ring (bicyclic) bond motifs is 4. The molecule has 2 N–H and O–H groups in total. The zero-order chi connectivity index (χ0) is 19.7. The van der Waals surface area contributed by atoms with E-state index in [9.17, 15) is 5.11 Å². The van der Waals surface area contributed by atoms with Gasteiger partial charge in [0, 0.05) is 29.1 Å². The van der Waals surface area contributed by atoms with E-state index in [1.54, 1.807) is 7.11 Å². The lowest BCUT2D eigenvalue weighted by atomic mass is 9.93. The minimum atomic E-state index is -0.130. The average Bonchev–Trinajstić information content (AvgIpc) is 3.46. The van der Waals surface area contributed by atoms with Crippen LogP contribution >= 0.6 is 12.2 Å². The van der Waals surface area contributed by atoms with Crippen LogP contribution in [0.3, 0.4) is 0 Å². The Balaban J connectivity index is 1.67. The van der Waals surface area contributed by atoms with Crippen LogP contribution in [0.15, 0.2) is 48.5 Å². The lowest BCUT2D eigenvalue weighted by Gasteiger charge is -2.27. The van der Waals surface area contributed by atoms with Gasteiger partial charge in [0.25, 0.3) is 0 Å². The van der Waals surface area contributed by atoms with E-state index in [1.165, 1.54) is 10.9 Å². The van der Waals surface area contributed by atoms with Gasteiger partial charge < -0.3 is 19.4 Å². The normalized spacial score (nSPS) is 17.9. The maximum Gasteiger partial charge on any atom is 0.214 e. The molecule has 2 aromatic heterocycles. The number of aromatic hydroxyl groups is 1. The molecule has 1 atom stereocenters. The quantitative estimate of drug-likeness (QED) is 0.413. The van der Waals surface area contributed by atoms with E-state index in [1.807, 2.05) is 22.8 Å². The highest BCUT2D eigenvalue weighted by Crippen LogP contribution is 2.46. The number of imidazole rings is 1. The lowest BCUT2D eigenvalue weighted by molar-refractivity contribution is 0.411. The van der Waals surface area contributed by atoms with Gasteiger partial charge in [0.15, 0.2) is 4.77 Å². The van der Waals surface area contributed by atoms with Crippen molar-refractivity contribution in [3.05, 3.63) is 75.8 Å². The number of aromatic nitrogens is 3. The van der Waals surface area contributed by atoms with Crippen LogP contribution in [0.4, 0.5) is 0 Å². The maximum atomic E-state index is 11.1. The molecule has 0 amide bonds. The Hall–Kier alpha value is -2.99. The van der Waals surface area contributed by atoms with E-state index in [0.29, 0.717) is 23.1 Å². The number of benzene rings is 2. The fourth-order valence-electron chi connectivity index (χ4n) is 4.73. The van der Waals surface area contributed by atoms with Gasteiger partial charge in [0.1, 0.15) is 11.8 Å². The first-order valence-corrected chi connectivity index (χ1v) is 10.4. The second kappa shape index (κ2) is 6.00. The first-order chi connectivity index (χ1) is 14.2. The predicted molar refractivity (Wildman–Crippen MR) is 115 cm³/mol. The highest BCUT2D eigenvalue weighted by molar-refractivity contribution is 7.71. The molecule has 1 aliphatic heterocycles. The van der Waals surface area contributed by atoms with Crippen LogP contribution in [0.2, 0.25) is 0 Å². The van der Waals surface area contributed by atoms with Crippen molar-refractivity contribution < 1.29 is 9.84 Å². The number of aromatic amines is 1. The number of hydrogen-bond donors (Lipinski definition) is 2. The molecule has 5 nitrogen and oxygen atoms in total. The van der Waals surface area contributed by atoms with E-state index >= 15 is 0 Å². The van der Waals surface area contributed by atoms with Gasteiger partial charge in [0.2, 0.25) is 5.88 Å². The summed E-state index contributed by atoms with van der Waals surface area (Å²) in [5.41, 5.74) is 5.45. The molecule has 2 aliphatic rings.